The first-order valence-corrected chi connectivity index (χ1v) is 8.75. The minimum Gasteiger partial charge on any atom is -0.457 e. The molecule has 2 aromatic rings. The van der Waals surface area contributed by atoms with Crippen LogP contribution in [0.5, 0.6) is 0 Å². The molecule has 0 saturated carbocycles. The van der Waals surface area contributed by atoms with E-state index in [1.165, 1.54) is 4.88 Å². The number of benzene rings is 1. The maximum Gasteiger partial charge on any atom is 0.338 e. The molecular formula is C17H17N3O3S. The predicted molar refractivity (Wildman–Crippen MR) is 90.2 cm³/mol. The first kappa shape index (κ1) is 15.1. The van der Waals surface area contributed by atoms with Crippen molar-refractivity contribution in [1.82, 2.24) is 10.3 Å². The van der Waals surface area contributed by atoms with Gasteiger partial charge in [0, 0.05) is 16.1 Å². The number of rotatable bonds is 2. The number of urea groups is 1. The standard InChI is InChI=1S/C17H17N3O3S/c1-9-18-15-13(3-2-4-14(15)24-9)20-17(22)19-11-5-6-12-10(7-11)8-23-16(12)21/h5-7,13H,2-4,8H2,1H3,(H2,19,20,22)/t13-/m0/s1. The fourth-order valence-electron chi connectivity index (χ4n) is 3.22. The zero-order chi connectivity index (χ0) is 16.7. The van der Waals surface area contributed by atoms with Gasteiger partial charge in [-0.25, -0.2) is 14.6 Å². The average molecular weight is 343 g/mol. The van der Waals surface area contributed by atoms with Crippen molar-refractivity contribution in [2.24, 2.45) is 0 Å². The maximum absolute atomic E-state index is 12.3. The first-order valence-electron chi connectivity index (χ1n) is 7.94. The van der Waals surface area contributed by atoms with Crippen molar-refractivity contribution >= 4 is 29.0 Å². The Morgan fingerprint density at radius 2 is 2.29 bits per heavy atom. The number of aryl methyl sites for hydroxylation is 2. The molecule has 7 heteroatoms. The van der Waals surface area contributed by atoms with Crippen LogP contribution in [-0.4, -0.2) is 17.0 Å². The molecule has 124 valence electrons. The molecule has 2 N–H and O–H groups in total. The summed E-state index contributed by atoms with van der Waals surface area (Å²) in [5, 5.41) is 6.88. The number of hydrogen-bond donors (Lipinski definition) is 2. The largest absolute Gasteiger partial charge is 0.457 e. The van der Waals surface area contributed by atoms with Crippen molar-refractivity contribution in [2.75, 3.05) is 5.32 Å². The number of thiazole rings is 1. The molecule has 0 radical (unpaired) electrons. The van der Waals surface area contributed by atoms with Gasteiger partial charge in [0.05, 0.1) is 22.3 Å². The number of aromatic nitrogens is 1. The van der Waals surface area contributed by atoms with E-state index in [0.29, 0.717) is 11.3 Å². The van der Waals surface area contributed by atoms with Crippen LogP contribution in [-0.2, 0) is 17.8 Å². The normalized spacial score (nSPS) is 18.5. The van der Waals surface area contributed by atoms with Crippen molar-refractivity contribution in [3.63, 3.8) is 0 Å². The lowest BCUT2D eigenvalue weighted by Crippen LogP contribution is -2.34. The van der Waals surface area contributed by atoms with Crippen molar-refractivity contribution in [3.05, 3.63) is 44.9 Å². The monoisotopic (exact) mass is 343 g/mol. The molecule has 2 aliphatic rings. The molecular weight excluding hydrogens is 326 g/mol. The highest BCUT2D eigenvalue weighted by atomic mass is 32.1. The smallest absolute Gasteiger partial charge is 0.338 e. The van der Waals surface area contributed by atoms with E-state index in [4.69, 9.17) is 4.74 Å². The minimum absolute atomic E-state index is 0.0435. The van der Waals surface area contributed by atoms with Crippen molar-refractivity contribution < 1.29 is 14.3 Å². The third-order valence-electron chi connectivity index (χ3n) is 4.31. The van der Waals surface area contributed by atoms with Crippen molar-refractivity contribution in [3.8, 4) is 0 Å². The van der Waals surface area contributed by atoms with Crippen LogP contribution in [0.1, 0.15) is 50.4 Å². The Morgan fingerprint density at radius 3 is 3.17 bits per heavy atom. The number of cyclic esters (lactones) is 1. The van der Waals surface area contributed by atoms with Crippen LogP contribution in [0.15, 0.2) is 18.2 Å². The Morgan fingerprint density at radius 1 is 1.42 bits per heavy atom. The molecule has 24 heavy (non-hydrogen) atoms. The van der Waals surface area contributed by atoms with Crippen LogP contribution < -0.4 is 10.6 Å². The maximum atomic E-state index is 12.3. The second kappa shape index (κ2) is 5.90. The van der Waals surface area contributed by atoms with Crippen LogP contribution in [0.3, 0.4) is 0 Å². The molecule has 1 aliphatic carbocycles. The number of carbonyl (C=O) groups is 2. The first-order chi connectivity index (χ1) is 11.6. The quantitative estimate of drug-likeness (QED) is 0.820. The van der Waals surface area contributed by atoms with Gasteiger partial charge in [-0.3, -0.25) is 0 Å². The highest BCUT2D eigenvalue weighted by Crippen LogP contribution is 2.33. The lowest BCUT2D eigenvalue weighted by Gasteiger charge is -2.22. The molecule has 1 aliphatic heterocycles. The van der Waals surface area contributed by atoms with Gasteiger partial charge in [-0.05, 0) is 44.4 Å². The van der Waals surface area contributed by atoms with E-state index in [1.54, 1.807) is 29.5 Å². The third kappa shape index (κ3) is 2.75. The van der Waals surface area contributed by atoms with Gasteiger partial charge in [-0.15, -0.1) is 11.3 Å². The molecule has 0 spiro atoms. The summed E-state index contributed by atoms with van der Waals surface area (Å²) in [5.74, 6) is -0.311. The summed E-state index contributed by atoms with van der Waals surface area (Å²) in [7, 11) is 0. The number of nitrogens with zero attached hydrogens (tertiary/aromatic N) is 1. The summed E-state index contributed by atoms with van der Waals surface area (Å²) in [4.78, 5) is 29.6. The second-order valence-corrected chi connectivity index (χ2v) is 7.32. The molecule has 2 heterocycles. The summed E-state index contributed by atoms with van der Waals surface area (Å²) in [5.41, 5.74) is 3.02. The van der Waals surface area contributed by atoms with E-state index < -0.39 is 0 Å². The minimum atomic E-state index is -0.311. The lowest BCUT2D eigenvalue weighted by molar-refractivity contribution is 0.0535. The summed E-state index contributed by atoms with van der Waals surface area (Å²) in [6.45, 7) is 2.25. The van der Waals surface area contributed by atoms with Crippen LogP contribution >= 0.6 is 11.3 Å². The average Bonchev–Trinajstić information content (AvgIpc) is 3.10. The molecule has 1 aromatic carbocycles. The van der Waals surface area contributed by atoms with Gasteiger partial charge in [-0.1, -0.05) is 0 Å². The molecule has 6 nitrogen and oxygen atoms in total. The lowest BCUT2D eigenvalue weighted by atomic mass is 9.98. The number of hydrogen-bond acceptors (Lipinski definition) is 5. The molecule has 0 bridgehead atoms. The van der Waals surface area contributed by atoms with Crippen molar-refractivity contribution in [2.45, 2.75) is 38.8 Å². The van der Waals surface area contributed by atoms with Crippen LogP contribution in [0, 0.1) is 6.92 Å². The van der Waals surface area contributed by atoms with Crippen LogP contribution in [0.25, 0.3) is 0 Å². The number of nitrogens with one attached hydrogen (secondary N) is 2. The Hall–Kier alpha value is -2.41. The molecule has 1 atom stereocenters. The highest BCUT2D eigenvalue weighted by molar-refractivity contribution is 7.11. The molecule has 0 saturated heterocycles. The molecule has 1 aromatic heterocycles. The fraction of sp³-hybridized carbons (Fsp3) is 0.353. The zero-order valence-electron chi connectivity index (χ0n) is 13.2. The number of ether oxygens (including phenoxy) is 1. The van der Waals surface area contributed by atoms with E-state index in [0.717, 1.165) is 35.5 Å². The van der Waals surface area contributed by atoms with E-state index >= 15 is 0 Å². The molecule has 2 amide bonds. The second-order valence-electron chi connectivity index (χ2n) is 6.03. The molecule has 0 fully saturated rings. The SMILES string of the molecule is Cc1nc2c(s1)CCC[C@@H]2NC(=O)Nc1ccc2c(c1)COC2=O. The Kier molecular flexibility index (Phi) is 3.72. The van der Waals surface area contributed by atoms with Crippen molar-refractivity contribution in [1.29, 1.82) is 0 Å². The number of anilines is 1. The van der Waals surface area contributed by atoms with Gasteiger partial charge in [0.2, 0.25) is 0 Å². The summed E-state index contributed by atoms with van der Waals surface area (Å²) >= 11 is 1.71. The van der Waals surface area contributed by atoms with Gasteiger partial charge in [0.25, 0.3) is 0 Å². The number of carbonyl (C=O) groups excluding carboxylic acids is 2. The Balaban J connectivity index is 1.45. The number of fused-ring (bicyclic) bond motifs is 2. The third-order valence-corrected chi connectivity index (χ3v) is 5.35. The Bertz CT molecular complexity index is 830. The summed E-state index contributed by atoms with van der Waals surface area (Å²) in [6.07, 6.45) is 2.99. The van der Waals surface area contributed by atoms with E-state index in [-0.39, 0.29) is 24.6 Å². The van der Waals surface area contributed by atoms with Crippen LogP contribution in [0.4, 0.5) is 10.5 Å². The Labute approximate surface area is 143 Å². The van der Waals surface area contributed by atoms with Gasteiger partial charge in [-0.2, -0.15) is 0 Å². The van der Waals surface area contributed by atoms with E-state index in [9.17, 15) is 9.59 Å². The van der Waals surface area contributed by atoms with E-state index in [1.807, 2.05) is 6.92 Å². The fourth-order valence-corrected chi connectivity index (χ4v) is 4.26. The molecule has 4 rings (SSSR count). The highest BCUT2D eigenvalue weighted by Gasteiger charge is 2.26. The molecule has 0 unspecified atom stereocenters. The van der Waals surface area contributed by atoms with Gasteiger partial charge < -0.3 is 15.4 Å². The summed E-state index contributed by atoms with van der Waals surface area (Å²) in [6, 6.07) is 4.87. The van der Waals surface area contributed by atoms with Gasteiger partial charge in [0.1, 0.15) is 6.61 Å². The topological polar surface area (TPSA) is 80.3 Å². The van der Waals surface area contributed by atoms with Crippen LogP contribution in [0.2, 0.25) is 0 Å². The van der Waals surface area contributed by atoms with Gasteiger partial charge in [0.15, 0.2) is 0 Å². The summed E-state index contributed by atoms with van der Waals surface area (Å²) < 4.78 is 4.97. The number of esters is 1. The van der Waals surface area contributed by atoms with Gasteiger partial charge >= 0.3 is 12.0 Å². The number of amides is 2. The predicted octanol–water partition coefficient (Wildman–Crippen LogP) is 3.32. The van der Waals surface area contributed by atoms with E-state index in [2.05, 4.69) is 15.6 Å². The zero-order valence-corrected chi connectivity index (χ0v) is 14.0.